The maximum absolute atomic E-state index is 10.9. The molecule has 0 saturated carbocycles. The minimum Gasteiger partial charge on any atom is -0.303 e. The van der Waals surface area contributed by atoms with Crippen LogP contribution in [0, 0.1) is 0 Å². The molecule has 0 fully saturated rings. The molecule has 4 heteroatoms. The first kappa shape index (κ1) is 10.0. The highest BCUT2D eigenvalue weighted by atomic mass is 35.5. The smallest absolute Gasteiger partial charge is 0.141 e. The molecule has 1 unspecified atom stereocenters. The minimum atomic E-state index is -0.210. The summed E-state index contributed by atoms with van der Waals surface area (Å²) in [5, 5.41) is 3.91. The van der Waals surface area contributed by atoms with E-state index in [1.807, 2.05) is 18.2 Å². The van der Waals surface area contributed by atoms with Crippen molar-refractivity contribution in [2.75, 3.05) is 12.3 Å². The van der Waals surface area contributed by atoms with E-state index in [-0.39, 0.29) is 6.04 Å². The summed E-state index contributed by atoms with van der Waals surface area (Å²) >= 11 is 7.77. The number of rotatable bonds is 1. The lowest BCUT2D eigenvalue weighted by Gasteiger charge is -2.12. The van der Waals surface area contributed by atoms with Crippen LogP contribution < -0.4 is 5.32 Å². The van der Waals surface area contributed by atoms with Gasteiger partial charge in [-0.05, 0) is 11.6 Å². The molecule has 1 heterocycles. The molecule has 2 nitrogen and oxygen atoms in total. The van der Waals surface area contributed by atoms with Crippen molar-refractivity contribution in [3.05, 3.63) is 28.8 Å². The molecule has 1 N–H and O–H groups in total. The number of nitrogens with one attached hydrogen (secondary N) is 1. The third kappa shape index (κ3) is 1.80. The van der Waals surface area contributed by atoms with Crippen molar-refractivity contribution in [3.8, 4) is 0 Å². The SMILES string of the molecule is O=CC1NCCSc2c(Cl)cccc21. The Morgan fingerprint density at radius 3 is 3.21 bits per heavy atom. The summed E-state index contributed by atoms with van der Waals surface area (Å²) < 4.78 is 0. The zero-order valence-corrected chi connectivity index (χ0v) is 9.07. The van der Waals surface area contributed by atoms with Crippen LogP contribution in [0.15, 0.2) is 23.1 Å². The molecule has 0 aromatic heterocycles. The van der Waals surface area contributed by atoms with Crippen molar-refractivity contribution in [1.29, 1.82) is 0 Å². The fourth-order valence-corrected chi connectivity index (χ4v) is 2.86. The lowest BCUT2D eigenvalue weighted by Crippen LogP contribution is -2.23. The summed E-state index contributed by atoms with van der Waals surface area (Å²) in [6, 6.07) is 5.48. The first-order valence-corrected chi connectivity index (χ1v) is 5.79. The first-order valence-electron chi connectivity index (χ1n) is 4.43. The zero-order valence-electron chi connectivity index (χ0n) is 7.50. The van der Waals surface area contributed by atoms with E-state index in [2.05, 4.69) is 5.32 Å². The molecule has 14 heavy (non-hydrogen) atoms. The standard InChI is InChI=1S/C10H10ClNOS/c11-8-3-1-2-7-9(6-13)12-4-5-14-10(7)8/h1-3,6,9,12H,4-5H2. The predicted octanol–water partition coefficient (Wildman–Crippen LogP) is 2.28. The van der Waals surface area contributed by atoms with E-state index in [4.69, 9.17) is 11.6 Å². The number of carbonyl (C=O) groups excluding carboxylic acids is 1. The van der Waals surface area contributed by atoms with Gasteiger partial charge in [-0.25, -0.2) is 0 Å². The summed E-state index contributed by atoms with van der Waals surface area (Å²) in [5.41, 5.74) is 0.995. The minimum absolute atomic E-state index is 0.210. The second-order valence-electron chi connectivity index (χ2n) is 3.07. The maximum Gasteiger partial charge on any atom is 0.141 e. The highest BCUT2D eigenvalue weighted by Crippen LogP contribution is 2.34. The van der Waals surface area contributed by atoms with Crippen molar-refractivity contribution in [2.45, 2.75) is 10.9 Å². The van der Waals surface area contributed by atoms with Crippen LogP contribution in [0.3, 0.4) is 0 Å². The molecule has 1 atom stereocenters. The van der Waals surface area contributed by atoms with Gasteiger partial charge in [0, 0.05) is 17.2 Å². The summed E-state index contributed by atoms with van der Waals surface area (Å²) in [6.45, 7) is 0.832. The summed E-state index contributed by atoms with van der Waals surface area (Å²) in [4.78, 5) is 11.9. The second-order valence-corrected chi connectivity index (χ2v) is 4.59. The van der Waals surface area contributed by atoms with Crippen LogP contribution in [-0.4, -0.2) is 18.6 Å². The van der Waals surface area contributed by atoms with Crippen LogP contribution in [0.25, 0.3) is 0 Å². The van der Waals surface area contributed by atoms with Crippen molar-refractivity contribution in [3.63, 3.8) is 0 Å². The third-order valence-electron chi connectivity index (χ3n) is 2.18. The summed E-state index contributed by atoms with van der Waals surface area (Å²) in [7, 11) is 0. The van der Waals surface area contributed by atoms with Gasteiger partial charge < -0.3 is 10.1 Å². The second kappa shape index (κ2) is 4.34. The molecular weight excluding hydrogens is 218 g/mol. The molecule has 74 valence electrons. The van der Waals surface area contributed by atoms with Gasteiger partial charge in [0.1, 0.15) is 6.29 Å². The van der Waals surface area contributed by atoms with Crippen LogP contribution in [0.5, 0.6) is 0 Å². The Bertz CT molecular complexity index is 356. The molecule has 0 spiro atoms. The predicted molar refractivity (Wildman–Crippen MR) is 59.0 cm³/mol. The van der Waals surface area contributed by atoms with Crippen molar-refractivity contribution < 1.29 is 4.79 Å². The van der Waals surface area contributed by atoms with E-state index < -0.39 is 0 Å². The van der Waals surface area contributed by atoms with E-state index >= 15 is 0 Å². The third-order valence-corrected chi connectivity index (χ3v) is 3.76. The van der Waals surface area contributed by atoms with Gasteiger partial charge in [-0.3, -0.25) is 0 Å². The van der Waals surface area contributed by atoms with Crippen LogP contribution in [0.2, 0.25) is 5.02 Å². The molecule has 2 rings (SSSR count). The van der Waals surface area contributed by atoms with E-state index in [0.717, 1.165) is 34.1 Å². The molecule has 0 aliphatic carbocycles. The molecule has 0 bridgehead atoms. The number of fused-ring (bicyclic) bond motifs is 1. The monoisotopic (exact) mass is 227 g/mol. The van der Waals surface area contributed by atoms with Gasteiger partial charge >= 0.3 is 0 Å². The average molecular weight is 228 g/mol. The Labute approximate surface area is 92.0 Å². The molecule has 1 aliphatic rings. The Balaban J connectivity index is 2.49. The highest BCUT2D eigenvalue weighted by molar-refractivity contribution is 7.99. The van der Waals surface area contributed by atoms with Gasteiger partial charge in [0.2, 0.25) is 0 Å². The Hall–Kier alpha value is -0.510. The van der Waals surface area contributed by atoms with Gasteiger partial charge in [-0.1, -0.05) is 23.7 Å². The zero-order chi connectivity index (χ0) is 9.97. The first-order chi connectivity index (χ1) is 6.83. The summed E-state index contributed by atoms with van der Waals surface area (Å²) in [6.07, 6.45) is 0.932. The fraction of sp³-hybridized carbons (Fsp3) is 0.300. The van der Waals surface area contributed by atoms with Gasteiger partial charge in [0.05, 0.1) is 11.1 Å². The molecule has 0 saturated heterocycles. The van der Waals surface area contributed by atoms with E-state index in [0.29, 0.717) is 0 Å². The molecule has 0 radical (unpaired) electrons. The van der Waals surface area contributed by atoms with Gasteiger partial charge in [-0.2, -0.15) is 0 Å². The Kier molecular flexibility index (Phi) is 3.11. The number of benzene rings is 1. The number of halogens is 1. The van der Waals surface area contributed by atoms with Crippen LogP contribution in [-0.2, 0) is 4.79 Å². The molecule has 1 aliphatic heterocycles. The van der Waals surface area contributed by atoms with Gasteiger partial charge in [0.15, 0.2) is 0 Å². The number of aldehydes is 1. The molecular formula is C10H10ClNOS. The Morgan fingerprint density at radius 2 is 2.43 bits per heavy atom. The quantitative estimate of drug-likeness (QED) is 0.747. The van der Waals surface area contributed by atoms with E-state index in [1.54, 1.807) is 11.8 Å². The number of carbonyl (C=O) groups is 1. The van der Waals surface area contributed by atoms with Crippen LogP contribution in [0.4, 0.5) is 0 Å². The Morgan fingerprint density at radius 1 is 1.57 bits per heavy atom. The summed E-state index contributed by atoms with van der Waals surface area (Å²) in [5.74, 6) is 0.946. The lowest BCUT2D eigenvalue weighted by atomic mass is 10.1. The lowest BCUT2D eigenvalue weighted by molar-refractivity contribution is -0.109. The number of thioether (sulfide) groups is 1. The van der Waals surface area contributed by atoms with E-state index in [1.165, 1.54) is 0 Å². The largest absolute Gasteiger partial charge is 0.303 e. The van der Waals surface area contributed by atoms with Crippen molar-refractivity contribution in [2.24, 2.45) is 0 Å². The average Bonchev–Trinajstić information content (AvgIpc) is 2.40. The van der Waals surface area contributed by atoms with Crippen molar-refractivity contribution in [1.82, 2.24) is 5.32 Å². The van der Waals surface area contributed by atoms with Crippen LogP contribution in [0.1, 0.15) is 11.6 Å². The molecule has 0 amide bonds. The number of hydrogen-bond acceptors (Lipinski definition) is 3. The highest BCUT2D eigenvalue weighted by Gasteiger charge is 2.19. The fourth-order valence-electron chi connectivity index (χ4n) is 1.52. The van der Waals surface area contributed by atoms with E-state index in [9.17, 15) is 4.79 Å². The van der Waals surface area contributed by atoms with Crippen molar-refractivity contribution >= 4 is 29.6 Å². The molecule has 1 aromatic rings. The molecule has 1 aromatic carbocycles. The topological polar surface area (TPSA) is 29.1 Å². The number of hydrogen-bond donors (Lipinski definition) is 1. The van der Waals surface area contributed by atoms with Crippen LogP contribution >= 0.6 is 23.4 Å². The normalized spacial score (nSPS) is 21.1. The van der Waals surface area contributed by atoms with Gasteiger partial charge in [-0.15, -0.1) is 11.8 Å². The maximum atomic E-state index is 10.9. The van der Waals surface area contributed by atoms with Gasteiger partial charge in [0.25, 0.3) is 0 Å².